The molecule has 1 aromatic heterocycles. The number of aryl methyl sites for hydroxylation is 1. The Labute approximate surface area is 170 Å². The third-order valence-electron chi connectivity index (χ3n) is 5.07. The first kappa shape index (κ1) is 18.6. The van der Waals surface area contributed by atoms with E-state index in [0.29, 0.717) is 0 Å². The lowest BCUT2D eigenvalue weighted by Gasteiger charge is -2.34. The fraction of sp³-hybridized carbons (Fsp3) is 0.318. The molecule has 0 amide bonds. The van der Waals surface area contributed by atoms with Crippen LogP contribution in [0, 0.1) is 6.92 Å². The third-order valence-corrected chi connectivity index (χ3v) is 6.23. The topological polar surface area (TPSA) is 19.4 Å². The van der Waals surface area contributed by atoms with E-state index in [0.717, 1.165) is 49.3 Å². The molecule has 5 heteroatoms. The number of nitrogens with zero attached hydrogens (tertiary/aromatic N) is 3. The van der Waals surface area contributed by atoms with Crippen LogP contribution in [0.25, 0.3) is 10.6 Å². The van der Waals surface area contributed by atoms with Gasteiger partial charge in [0.25, 0.3) is 0 Å². The molecule has 140 valence electrons. The number of rotatable bonds is 5. The molecule has 0 aliphatic carbocycles. The molecule has 2 aromatic carbocycles. The van der Waals surface area contributed by atoms with Gasteiger partial charge >= 0.3 is 0 Å². The second-order valence-corrected chi connectivity index (χ2v) is 8.44. The zero-order valence-electron chi connectivity index (χ0n) is 15.6. The summed E-state index contributed by atoms with van der Waals surface area (Å²) in [7, 11) is 0. The Kier molecular flexibility index (Phi) is 5.89. The van der Waals surface area contributed by atoms with Gasteiger partial charge in [-0.1, -0.05) is 48.0 Å². The summed E-state index contributed by atoms with van der Waals surface area (Å²) in [4.78, 5) is 9.89. The van der Waals surface area contributed by atoms with Crippen molar-refractivity contribution in [3.05, 3.63) is 75.8 Å². The van der Waals surface area contributed by atoms with Gasteiger partial charge in [0.1, 0.15) is 5.01 Å². The van der Waals surface area contributed by atoms with Gasteiger partial charge in [-0.15, -0.1) is 11.3 Å². The molecule has 0 unspecified atom stereocenters. The number of piperazine rings is 1. The summed E-state index contributed by atoms with van der Waals surface area (Å²) >= 11 is 7.85. The van der Waals surface area contributed by atoms with E-state index in [1.54, 1.807) is 11.3 Å². The molecule has 0 N–H and O–H groups in total. The second-order valence-electron chi connectivity index (χ2n) is 7.14. The van der Waals surface area contributed by atoms with E-state index in [2.05, 4.69) is 58.5 Å². The van der Waals surface area contributed by atoms with Crippen LogP contribution in [0.2, 0.25) is 5.02 Å². The third kappa shape index (κ3) is 4.77. The predicted molar refractivity (Wildman–Crippen MR) is 114 cm³/mol. The minimum atomic E-state index is 0.819. The Balaban J connectivity index is 1.31. The fourth-order valence-corrected chi connectivity index (χ4v) is 4.66. The van der Waals surface area contributed by atoms with E-state index in [4.69, 9.17) is 16.6 Å². The molecule has 0 saturated carbocycles. The summed E-state index contributed by atoms with van der Waals surface area (Å²) in [5.41, 5.74) is 5.01. The Morgan fingerprint density at radius 3 is 2.44 bits per heavy atom. The molecule has 0 bridgehead atoms. The minimum absolute atomic E-state index is 0.819. The molecule has 1 aliphatic rings. The fourth-order valence-electron chi connectivity index (χ4n) is 3.54. The number of aromatic nitrogens is 1. The summed E-state index contributed by atoms with van der Waals surface area (Å²) < 4.78 is 0. The van der Waals surface area contributed by atoms with Gasteiger partial charge in [-0.3, -0.25) is 9.80 Å². The zero-order chi connectivity index (χ0) is 18.6. The molecule has 27 heavy (non-hydrogen) atoms. The quantitative estimate of drug-likeness (QED) is 0.597. The predicted octanol–water partition coefficient (Wildman–Crippen LogP) is 5.09. The van der Waals surface area contributed by atoms with Crippen LogP contribution < -0.4 is 0 Å². The Hall–Kier alpha value is -1.72. The molecule has 4 rings (SSSR count). The number of hydrogen-bond donors (Lipinski definition) is 0. The second kappa shape index (κ2) is 8.53. The van der Waals surface area contributed by atoms with E-state index in [-0.39, 0.29) is 0 Å². The molecule has 1 fully saturated rings. The van der Waals surface area contributed by atoms with Crippen LogP contribution in [-0.4, -0.2) is 41.0 Å². The molecule has 3 nitrogen and oxygen atoms in total. The molecule has 3 aromatic rings. The van der Waals surface area contributed by atoms with Crippen molar-refractivity contribution >= 4 is 22.9 Å². The summed E-state index contributed by atoms with van der Waals surface area (Å²) in [6.45, 7) is 8.39. The average molecular weight is 398 g/mol. The number of benzene rings is 2. The van der Waals surface area contributed by atoms with Crippen LogP contribution in [-0.2, 0) is 13.1 Å². The van der Waals surface area contributed by atoms with Gasteiger partial charge in [0, 0.05) is 55.2 Å². The largest absolute Gasteiger partial charge is 0.297 e. The van der Waals surface area contributed by atoms with Gasteiger partial charge in [-0.25, -0.2) is 4.98 Å². The normalized spacial score (nSPS) is 15.9. The van der Waals surface area contributed by atoms with E-state index in [9.17, 15) is 0 Å². The molecule has 1 aliphatic heterocycles. The van der Waals surface area contributed by atoms with Crippen molar-refractivity contribution in [2.45, 2.75) is 20.0 Å². The van der Waals surface area contributed by atoms with E-state index >= 15 is 0 Å². The summed E-state index contributed by atoms with van der Waals surface area (Å²) in [5, 5.41) is 4.15. The lowest BCUT2D eigenvalue weighted by atomic mass is 10.1. The Morgan fingerprint density at radius 1 is 0.963 bits per heavy atom. The molecule has 0 atom stereocenters. The zero-order valence-corrected chi connectivity index (χ0v) is 17.1. The lowest BCUT2D eigenvalue weighted by Crippen LogP contribution is -2.45. The van der Waals surface area contributed by atoms with Crippen LogP contribution in [0.15, 0.2) is 53.9 Å². The molecule has 0 spiro atoms. The van der Waals surface area contributed by atoms with Gasteiger partial charge in [0.2, 0.25) is 0 Å². The van der Waals surface area contributed by atoms with Gasteiger partial charge in [0.05, 0.1) is 5.69 Å². The van der Waals surface area contributed by atoms with Crippen molar-refractivity contribution in [3.63, 3.8) is 0 Å². The Bertz CT molecular complexity index is 900. The van der Waals surface area contributed by atoms with Gasteiger partial charge < -0.3 is 0 Å². The smallest absolute Gasteiger partial charge is 0.123 e. The maximum Gasteiger partial charge on any atom is 0.123 e. The highest BCUT2D eigenvalue weighted by atomic mass is 35.5. The van der Waals surface area contributed by atoms with Gasteiger partial charge in [-0.05, 0) is 30.2 Å². The van der Waals surface area contributed by atoms with Gasteiger partial charge in [0.15, 0.2) is 0 Å². The van der Waals surface area contributed by atoms with E-state index in [1.165, 1.54) is 22.4 Å². The van der Waals surface area contributed by atoms with Crippen LogP contribution in [0.4, 0.5) is 0 Å². The van der Waals surface area contributed by atoms with Crippen LogP contribution in [0.1, 0.15) is 16.8 Å². The van der Waals surface area contributed by atoms with Crippen molar-refractivity contribution in [2.24, 2.45) is 0 Å². The van der Waals surface area contributed by atoms with Crippen LogP contribution in [0.3, 0.4) is 0 Å². The first-order chi connectivity index (χ1) is 13.2. The molecular weight excluding hydrogens is 374 g/mol. The molecule has 0 radical (unpaired) electrons. The summed E-state index contributed by atoms with van der Waals surface area (Å²) in [6, 6.07) is 16.7. The first-order valence-corrected chi connectivity index (χ1v) is 10.6. The molecular formula is C22H24ClN3S. The highest BCUT2D eigenvalue weighted by molar-refractivity contribution is 7.13. The first-order valence-electron chi connectivity index (χ1n) is 9.37. The van der Waals surface area contributed by atoms with Crippen LogP contribution in [0.5, 0.6) is 0 Å². The number of halogens is 1. The standard InChI is InChI=1S/C22H24ClN3S/c1-17-5-2-3-8-21(17)22-24-20(16-27-22)15-26-11-9-25(10-12-26)14-18-6-4-7-19(23)13-18/h2-8,13,16H,9-12,14-15H2,1H3. The lowest BCUT2D eigenvalue weighted by molar-refractivity contribution is 0.121. The molecule has 1 saturated heterocycles. The van der Waals surface area contributed by atoms with Crippen molar-refractivity contribution in [2.75, 3.05) is 26.2 Å². The summed E-state index contributed by atoms with van der Waals surface area (Å²) in [6.07, 6.45) is 0. The monoisotopic (exact) mass is 397 g/mol. The van der Waals surface area contributed by atoms with Crippen molar-refractivity contribution in [1.82, 2.24) is 14.8 Å². The van der Waals surface area contributed by atoms with Crippen molar-refractivity contribution in [3.8, 4) is 10.6 Å². The van der Waals surface area contributed by atoms with E-state index < -0.39 is 0 Å². The molecule has 2 heterocycles. The minimum Gasteiger partial charge on any atom is -0.297 e. The average Bonchev–Trinajstić information content (AvgIpc) is 3.12. The summed E-state index contributed by atoms with van der Waals surface area (Å²) in [5.74, 6) is 0. The van der Waals surface area contributed by atoms with Gasteiger partial charge in [-0.2, -0.15) is 0 Å². The SMILES string of the molecule is Cc1ccccc1-c1nc(CN2CCN(Cc3cccc(Cl)c3)CC2)cs1. The van der Waals surface area contributed by atoms with E-state index in [1.807, 2.05) is 12.1 Å². The number of hydrogen-bond acceptors (Lipinski definition) is 4. The van der Waals surface area contributed by atoms with Crippen LogP contribution >= 0.6 is 22.9 Å². The van der Waals surface area contributed by atoms with Crippen molar-refractivity contribution in [1.29, 1.82) is 0 Å². The highest BCUT2D eigenvalue weighted by Crippen LogP contribution is 2.27. The maximum absolute atomic E-state index is 6.10. The highest BCUT2D eigenvalue weighted by Gasteiger charge is 2.18. The maximum atomic E-state index is 6.10. The van der Waals surface area contributed by atoms with Crippen molar-refractivity contribution < 1.29 is 0 Å². The number of thiazole rings is 1. The Morgan fingerprint density at radius 2 is 1.70 bits per heavy atom.